The minimum absolute atomic E-state index is 0.0120. The average molecular weight is 729 g/mol. The molecular weight excluding hydrogens is 676 g/mol. The van der Waals surface area contributed by atoms with Gasteiger partial charge in [-0.3, -0.25) is 24.0 Å². The SMILES string of the molecule is CC(C)(C)[C@H](NC(=O)N[C@H](CN1C(=O)c2ccccc2S1(=O)=O)C(C)(C)C)C(=O)N1C[C@H]2[C@@H](C1C(=O)NC(CC1CCC1)C(=O)C(N)=O)C2(C)C. The first kappa shape index (κ1) is 38.2. The fourth-order valence-corrected chi connectivity index (χ4v) is 9.38. The van der Waals surface area contributed by atoms with Crippen molar-refractivity contribution in [2.45, 2.75) is 110 Å². The molecule has 6 amide bonds. The molecule has 14 nitrogen and oxygen atoms in total. The van der Waals surface area contributed by atoms with Crippen molar-refractivity contribution in [3.05, 3.63) is 29.8 Å². The maximum atomic E-state index is 14.4. The molecule has 0 spiro atoms. The normalized spacial score (nSPS) is 25.1. The minimum Gasteiger partial charge on any atom is -0.363 e. The molecule has 1 aromatic rings. The molecule has 2 unspecified atom stereocenters. The summed E-state index contributed by atoms with van der Waals surface area (Å²) in [6.45, 7) is 14.7. The molecule has 15 heteroatoms. The van der Waals surface area contributed by atoms with Crippen LogP contribution in [0, 0.1) is 34.0 Å². The van der Waals surface area contributed by atoms with Crippen molar-refractivity contribution in [2.24, 2.45) is 39.7 Å². The number of primary amides is 1. The van der Waals surface area contributed by atoms with Gasteiger partial charge in [-0.25, -0.2) is 17.5 Å². The van der Waals surface area contributed by atoms with Crippen molar-refractivity contribution in [2.75, 3.05) is 13.1 Å². The van der Waals surface area contributed by atoms with E-state index in [0.29, 0.717) is 6.42 Å². The molecule has 4 aliphatic rings. The first-order valence-electron chi connectivity index (χ1n) is 17.7. The molecule has 0 aromatic heterocycles. The Morgan fingerprint density at radius 1 is 0.961 bits per heavy atom. The van der Waals surface area contributed by atoms with Gasteiger partial charge in [-0.15, -0.1) is 0 Å². The molecule has 0 bridgehead atoms. The zero-order valence-electron chi connectivity index (χ0n) is 30.7. The number of piperidine rings is 1. The van der Waals surface area contributed by atoms with Crippen molar-refractivity contribution in [3.63, 3.8) is 0 Å². The van der Waals surface area contributed by atoms with E-state index in [2.05, 4.69) is 16.0 Å². The number of likely N-dealkylation sites (tertiary alicyclic amines) is 1. The zero-order valence-corrected chi connectivity index (χ0v) is 31.6. The number of ketones is 1. The second kappa shape index (κ2) is 13.2. The molecule has 2 aliphatic carbocycles. The second-order valence-electron chi connectivity index (χ2n) is 17.4. The lowest BCUT2D eigenvalue weighted by atomic mass is 9.80. The Morgan fingerprint density at radius 2 is 1.59 bits per heavy atom. The smallest absolute Gasteiger partial charge is 0.315 e. The summed E-state index contributed by atoms with van der Waals surface area (Å²) in [5.41, 5.74) is 3.60. The molecule has 3 fully saturated rings. The summed E-state index contributed by atoms with van der Waals surface area (Å²) in [5.74, 6) is -3.71. The Hall–Kier alpha value is -4.01. The Balaban J connectivity index is 1.34. The van der Waals surface area contributed by atoms with Gasteiger partial charge in [0.15, 0.2) is 0 Å². The number of nitrogens with one attached hydrogen (secondary N) is 3. The lowest BCUT2D eigenvalue weighted by molar-refractivity contribution is -0.145. The second-order valence-corrected chi connectivity index (χ2v) is 19.2. The summed E-state index contributed by atoms with van der Waals surface area (Å²) in [6.07, 6.45) is 3.08. The molecule has 2 heterocycles. The number of nitrogens with zero attached hydrogens (tertiary/aromatic N) is 2. The summed E-state index contributed by atoms with van der Waals surface area (Å²) in [7, 11) is -4.14. The number of amides is 6. The van der Waals surface area contributed by atoms with Gasteiger partial charge in [0.25, 0.3) is 21.8 Å². The number of rotatable bonds is 11. The van der Waals surface area contributed by atoms with E-state index in [1.807, 2.05) is 13.8 Å². The summed E-state index contributed by atoms with van der Waals surface area (Å²) < 4.78 is 27.4. The van der Waals surface area contributed by atoms with Gasteiger partial charge in [0.1, 0.15) is 17.0 Å². The van der Waals surface area contributed by atoms with Crippen LogP contribution >= 0.6 is 0 Å². The van der Waals surface area contributed by atoms with E-state index in [9.17, 15) is 37.2 Å². The third-order valence-corrected chi connectivity index (χ3v) is 13.2. The largest absolute Gasteiger partial charge is 0.363 e. The van der Waals surface area contributed by atoms with Crippen LogP contribution < -0.4 is 21.7 Å². The van der Waals surface area contributed by atoms with Crippen LogP contribution in [0.5, 0.6) is 0 Å². The van der Waals surface area contributed by atoms with Gasteiger partial charge >= 0.3 is 6.03 Å². The lowest BCUT2D eigenvalue weighted by Crippen LogP contribution is -2.63. The maximum Gasteiger partial charge on any atom is 0.315 e. The number of Topliss-reactive ketones (excluding diaryl/α,β-unsaturated/α-hetero) is 1. The van der Waals surface area contributed by atoms with Gasteiger partial charge in [0.2, 0.25) is 17.6 Å². The topological polar surface area (TPSA) is 205 Å². The lowest BCUT2D eigenvalue weighted by Gasteiger charge is -2.39. The molecular formula is C36H52N6O8S. The van der Waals surface area contributed by atoms with E-state index in [0.717, 1.165) is 23.6 Å². The molecule has 6 atom stereocenters. The number of benzene rings is 1. The molecule has 0 radical (unpaired) electrons. The Kier molecular flexibility index (Phi) is 9.89. The number of fused-ring (bicyclic) bond motifs is 2. The number of carbonyl (C=O) groups excluding carboxylic acids is 6. The molecule has 51 heavy (non-hydrogen) atoms. The van der Waals surface area contributed by atoms with Gasteiger partial charge in [0.05, 0.1) is 24.2 Å². The number of sulfonamides is 1. The first-order chi connectivity index (χ1) is 23.5. The summed E-state index contributed by atoms with van der Waals surface area (Å²) in [4.78, 5) is 81.3. The molecule has 2 aliphatic heterocycles. The monoisotopic (exact) mass is 728 g/mol. The van der Waals surface area contributed by atoms with Crippen molar-refractivity contribution in [1.82, 2.24) is 25.2 Å². The number of carbonyl (C=O) groups is 6. The van der Waals surface area contributed by atoms with Crippen LogP contribution in [-0.4, -0.2) is 90.3 Å². The highest BCUT2D eigenvalue weighted by Crippen LogP contribution is 2.65. The van der Waals surface area contributed by atoms with Gasteiger partial charge in [-0.1, -0.05) is 86.8 Å². The van der Waals surface area contributed by atoms with E-state index in [1.54, 1.807) is 47.6 Å². The first-order valence-corrected chi connectivity index (χ1v) is 19.1. The molecule has 2 saturated carbocycles. The summed E-state index contributed by atoms with van der Waals surface area (Å²) in [6, 6.07) is 1.20. The van der Waals surface area contributed by atoms with Gasteiger partial charge in [0, 0.05) is 6.54 Å². The van der Waals surface area contributed by atoms with E-state index >= 15 is 0 Å². The number of urea groups is 1. The third-order valence-electron chi connectivity index (χ3n) is 11.4. The van der Waals surface area contributed by atoms with Gasteiger partial charge in [-0.05, 0) is 52.6 Å². The highest BCUT2D eigenvalue weighted by molar-refractivity contribution is 7.90. The van der Waals surface area contributed by atoms with Crippen molar-refractivity contribution in [3.8, 4) is 0 Å². The van der Waals surface area contributed by atoms with Crippen LogP contribution in [0.3, 0.4) is 0 Å². The van der Waals surface area contributed by atoms with Crippen LogP contribution in [0.4, 0.5) is 4.79 Å². The minimum atomic E-state index is -4.14. The Bertz CT molecular complexity index is 1740. The summed E-state index contributed by atoms with van der Waals surface area (Å²) >= 11 is 0. The van der Waals surface area contributed by atoms with Crippen LogP contribution in [0.15, 0.2) is 29.2 Å². The standard InChI is InChI=1S/C36H52N6O8S/c1-34(2,3)24(18-42-31(46)20-14-9-10-15-23(20)51(42,49)50)39-33(48)40-28(35(4,5)6)32(47)41-17-21-25(36(21,7)8)26(41)30(45)38-22(27(43)29(37)44)16-19-12-11-13-19/h9-10,14-15,19,21-22,24-26,28H,11-13,16-18H2,1-8H3,(H2,37,44)(H,38,45)(H2,39,40,48)/t21-,22?,24+,25-,26?,28+/m0/s1. The molecule has 1 aromatic carbocycles. The third kappa shape index (κ3) is 7.22. The average Bonchev–Trinajstić information content (AvgIpc) is 3.25. The van der Waals surface area contributed by atoms with Crippen LogP contribution in [0.25, 0.3) is 0 Å². The van der Waals surface area contributed by atoms with Crippen LogP contribution in [-0.2, 0) is 29.2 Å². The predicted molar refractivity (Wildman–Crippen MR) is 187 cm³/mol. The van der Waals surface area contributed by atoms with Crippen molar-refractivity contribution >= 4 is 45.5 Å². The molecule has 5 rings (SSSR count). The number of hydrogen-bond donors (Lipinski definition) is 4. The van der Waals surface area contributed by atoms with Crippen LogP contribution in [0.1, 0.15) is 91.4 Å². The molecule has 1 saturated heterocycles. The Labute approximate surface area is 300 Å². The maximum absolute atomic E-state index is 14.4. The summed E-state index contributed by atoms with van der Waals surface area (Å²) in [5, 5.41) is 8.38. The van der Waals surface area contributed by atoms with E-state index in [1.165, 1.54) is 23.1 Å². The van der Waals surface area contributed by atoms with E-state index in [-0.39, 0.29) is 46.7 Å². The number of hydrogen-bond acceptors (Lipinski definition) is 8. The van der Waals surface area contributed by atoms with E-state index in [4.69, 9.17) is 5.73 Å². The van der Waals surface area contributed by atoms with E-state index < -0.39 is 80.5 Å². The molecule has 5 N–H and O–H groups in total. The number of nitrogens with two attached hydrogens (primary N) is 1. The fourth-order valence-electron chi connectivity index (χ4n) is 7.79. The highest BCUT2D eigenvalue weighted by atomic mass is 32.2. The van der Waals surface area contributed by atoms with Crippen molar-refractivity contribution < 1.29 is 37.2 Å². The molecule has 280 valence electrons. The Morgan fingerprint density at radius 3 is 2.12 bits per heavy atom. The zero-order chi connectivity index (χ0) is 38.0. The van der Waals surface area contributed by atoms with Crippen molar-refractivity contribution in [1.29, 1.82) is 0 Å². The quantitative estimate of drug-likeness (QED) is 0.248. The fraction of sp³-hybridized carbons (Fsp3) is 0.667. The van der Waals surface area contributed by atoms with Gasteiger partial charge in [-0.2, -0.15) is 0 Å². The predicted octanol–water partition coefficient (Wildman–Crippen LogP) is 2.17. The highest BCUT2D eigenvalue weighted by Gasteiger charge is 2.70. The van der Waals surface area contributed by atoms with Crippen LogP contribution in [0.2, 0.25) is 0 Å². The van der Waals surface area contributed by atoms with Gasteiger partial charge < -0.3 is 26.6 Å².